The van der Waals surface area contributed by atoms with E-state index in [1.807, 2.05) is 0 Å². The van der Waals surface area contributed by atoms with Crippen LogP contribution in [0.15, 0.2) is 0 Å². The molecule has 2 saturated heterocycles. The van der Waals surface area contributed by atoms with Crippen LogP contribution in [0.3, 0.4) is 0 Å². The van der Waals surface area contributed by atoms with Crippen molar-refractivity contribution < 1.29 is 4.74 Å². The van der Waals surface area contributed by atoms with Crippen LogP contribution in [0.2, 0.25) is 5.31 Å². The van der Waals surface area contributed by atoms with Gasteiger partial charge in [-0.05, 0) is 38.3 Å². The summed E-state index contributed by atoms with van der Waals surface area (Å²) in [6, 6.07) is 0. The van der Waals surface area contributed by atoms with Crippen molar-refractivity contribution in [1.29, 1.82) is 0 Å². The van der Waals surface area contributed by atoms with Crippen molar-refractivity contribution in [2.45, 2.75) is 56.3 Å². The molecule has 0 aromatic carbocycles. The number of hydrogen-bond donors (Lipinski definition) is 0. The second-order valence-corrected chi connectivity index (χ2v) is 7.26. The predicted octanol–water partition coefficient (Wildman–Crippen LogP) is 2.63. The van der Waals surface area contributed by atoms with Gasteiger partial charge >= 0.3 is 0 Å². The zero-order valence-corrected chi connectivity index (χ0v) is 12.0. The molecule has 0 N–H and O–H groups in total. The topological polar surface area (TPSA) is 12.5 Å². The highest BCUT2D eigenvalue weighted by atomic mass is 16.5. The molecule has 3 unspecified atom stereocenters. The maximum Gasteiger partial charge on any atom is 0.0742 e. The van der Waals surface area contributed by atoms with Crippen LogP contribution < -0.4 is 0 Å². The molecule has 0 bridgehead atoms. The first kappa shape index (κ1) is 13.0. The van der Waals surface area contributed by atoms with Crippen LogP contribution in [0.25, 0.3) is 0 Å². The van der Waals surface area contributed by atoms with Crippen molar-refractivity contribution in [1.82, 2.24) is 4.90 Å². The Kier molecular flexibility index (Phi) is 3.26. The van der Waals surface area contributed by atoms with Crippen LogP contribution in [0, 0.1) is 11.8 Å². The molecule has 3 atom stereocenters. The van der Waals surface area contributed by atoms with Crippen LogP contribution in [0.4, 0.5) is 0 Å². The molecule has 3 rings (SSSR count). The zero-order chi connectivity index (χ0) is 12.8. The molecule has 100 valence electrons. The van der Waals surface area contributed by atoms with E-state index in [9.17, 15) is 0 Å². The molecule has 2 radical (unpaired) electrons. The van der Waals surface area contributed by atoms with Gasteiger partial charge in [-0.15, -0.1) is 0 Å². The average molecular weight is 247 g/mol. The first-order valence-electron chi connectivity index (χ1n) is 7.61. The number of rotatable bonds is 0. The molecule has 0 amide bonds. The third-order valence-corrected chi connectivity index (χ3v) is 5.91. The zero-order valence-electron chi connectivity index (χ0n) is 12.0. The van der Waals surface area contributed by atoms with Crippen LogP contribution in [0.5, 0.6) is 0 Å². The highest BCUT2D eigenvalue weighted by Crippen LogP contribution is 2.50. The molecule has 1 saturated carbocycles. The number of likely N-dealkylation sites (tertiary alicyclic amines) is 1. The summed E-state index contributed by atoms with van der Waals surface area (Å²) in [6.07, 6.45) is 7.73. The van der Waals surface area contributed by atoms with E-state index < -0.39 is 0 Å². The van der Waals surface area contributed by atoms with E-state index in [2.05, 4.69) is 18.9 Å². The summed E-state index contributed by atoms with van der Waals surface area (Å²) in [5.41, 5.74) is 0.380. The van der Waals surface area contributed by atoms with Crippen molar-refractivity contribution in [3.63, 3.8) is 0 Å². The molecular weight excluding hydrogens is 221 g/mol. The Labute approximate surface area is 113 Å². The normalized spacial score (nSPS) is 44.8. The minimum absolute atomic E-state index is 0.0809. The number of nitrogens with zero attached hydrogens (tertiary/aromatic N) is 1. The highest BCUT2D eigenvalue weighted by Gasteiger charge is 2.53. The molecule has 3 fully saturated rings. The van der Waals surface area contributed by atoms with Gasteiger partial charge in [0, 0.05) is 0 Å². The molecule has 1 spiro atoms. The number of likely N-dealkylation sites (N-methyl/N-ethyl adjacent to an activating group) is 1. The lowest BCUT2D eigenvalue weighted by Crippen LogP contribution is -2.69. The summed E-state index contributed by atoms with van der Waals surface area (Å²) in [5.74, 6) is 1.73. The second-order valence-electron chi connectivity index (χ2n) is 7.26. The molecule has 18 heavy (non-hydrogen) atoms. The maximum atomic E-state index is 6.38. The fraction of sp³-hybridized carbons (Fsp3) is 1.00. The third kappa shape index (κ3) is 2.04. The Hall–Kier alpha value is -0.0151. The molecule has 2 heterocycles. The first-order valence-corrected chi connectivity index (χ1v) is 7.61. The lowest BCUT2D eigenvalue weighted by molar-refractivity contribution is -0.193. The Balaban J connectivity index is 1.77. The van der Waals surface area contributed by atoms with Crippen molar-refractivity contribution in [3.8, 4) is 0 Å². The van der Waals surface area contributed by atoms with Gasteiger partial charge in [0.25, 0.3) is 0 Å². The summed E-state index contributed by atoms with van der Waals surface area (Å²) in [5, 5.41) is 0.0809. The van der Waals surface area contributed by atoms with Crippen LogP contribution in [0.1, 0.15) is 45.4 Å². The smallest absolute Gasteiger partial charge is 0.0742 e. The Morgan fingerprint density at radius 3 is 2.61 bits per heavy atom. The lowest BCUT2D eigenvalue weighted by atomic mass is 9.57. The molecule has 2 nitrogen and oxygen atoms in total. The van der Waals surface area contributed by atoms with Crippen LogP contribution in [-0.2, 0) is 4.74 Å². The number of fused-ring (bicyclic) bond motifs is 2. The highest BCUT2D eigenvalue weighted by molar-refractivity contribution is 6.14. The number of hydrogen-bond acceptors (Lipinski definition) is 2. The van der Waals surface area contributed by atoms with Gasteiger partial charge in [0.15, 0.2) is 0 Å². The predicted molar refractivity (Wildman–Crippen MR) is 75.0 cm³/mol. The minimum Gasteiger partial charge on any atom is -0.377 e. The quantitative estimate of drug-likeness (QED) is 0.610. The SMILES string of the molecule is [B]C1(C)CCCC2C(CCN(C)C23COC3)CC1. The summed E-state index contributed by atoms with van der Waals surface area (Å²) in [7, 11) is 8.67. The minimum atomic E-state index is 0.0809. The Morgan fingerprint density at radius 2 is 1.94 bits per heavy atom. The lowest BCUT2D eigenvalue weighted by Gasteiger charge is -2.59. The molecule has 3 heteroatoms. The fourth-order valence-electron chi connectivity index (χ4n) is 4.47. The van der Waals surface area contributed by atoms with E-state index in [1.165, 1.54) is 45.1 Å². The van der Waals surface area contributed by atoms with Gasteiger partial charge in [0.2, 0.25) is 0 Å². The standard InChI is InChI=1S/C15H26BNO/c1-14(16)7-3-4-13-12(5-8-14)6-9-17(2)15(13)10-18-11-15/h12-13H,3-11H2,1-2H3. The van der Waals surface area contributed by atoms with Gasteiger partial charge in [-0.2, -0.15) is 0 Å². The summed E-state index contributed by atoms with van der Waals surface area (Å²) in [4.78, 5) is 2.58. The van der Waals surface area contributed by atoms with Crippen LogP contribution in [-0.4, -0.2) is 45.1 Å². The van der Waals surface area contributed by atoms with Gasteiger partial charge in [-0.3, -0.25) is 4.90 Å². The van der Waals surface area contributed by atoms with Crippen molar-refractivity contribution in [3.05, 3.63) is 0 Å². The van der Waals surface area contributed by atoms with E-state index in [0.717, 1.165) is 25.0 Å². The van der Waals surface area contributed by atoms with Gasteiger partial charge in [-0.1, -0.05) is 37.9 Å². The number of ether oxygens (including phenoxy) is 1. The summed E-state index contributed by atoms with van der Waals surface area (Å²) in [6.45, 7) is 5.41. The fourth-order valence-corrected chi connectivity index (χ4v) is 4.47. The average Bonchev–Trinajstić information content (AvgIpc) is 2.23. The monoisotopic (exact) mass is 247 g/mol. The first-order chi connectivity index (χ1) is 8.54. The summed E-state index contributed by atoms with van der Waals surface area (Å²) >= 11 is 0. The van der Waals surface area contributed by atoms with Crippen LogP contribution >= 0.6 is 0 Å². The van der Waals surface area contributed by atoms with E-state index in [1.54, 1.807) is 0 Å². The van der Waals surface area contributed by atoms with Gasteiger partial charge in [-0.25, -0.2) is 0 Å². The molecule has 0 aromatic heterocycles. The molecular formula is C15H26BNO. The molecule has 3 aliphatic rings. The van der Waals surface area contributed by atoms with E-state index in [0.29, 0.717) is 5.54 Å². The van der Waals surface area contributed by atoms with Crippen molar-refractivity contribution in [2.24, 2.45) is 11.8 Å². The second kappa shape index (κ2) is 4.52. The number of piperidine rings is 1. The Bertz CT molecular complexity index is 314. The van der Waals surface area contributed by atoms with E-state index in [4.69, 9.17) is 12.6 Å². The van der Waals surface area contributed by atoms with Gasteiger partial charge in [0.1, 0.15) is 0 Å². The largest absolute Gasteiger partial charge is 0.377 e. The molecule has 1 aliphatic carbocycles. The third-order valence-electron chi connectivity index (χ3n) is 5.91. The molecule has 0 aromatic rings. The Morgan fingerprint density at radius 1 is 1.17 bits per heavy atom. The van der Waals surface area contributed by atoms with Crippen molar-refractivity contribution in [2.75, 3.05) is 26.8 Å². The molecule has 2 aliphatic heterocycles. The van der Waals surface area contributed by atoms with Crippen molar-refractivity contribution >= 4 is 7.85 Å². The van der Waals surface area contributed by atoms with E-state index >= 15 is 0 Å². The maximum absolute atomic E-state index is 6.38. The van der Waals surface area contributed by atoms with Gasteiger partial charge in [0.05, 0.1) is 26.6 Å². The van der Waals surface area contributed by atoms with Gasteiger partial charge < -0.3 is 4.74 Å². The summed E-state index contributed by atoms with van der Waals surface area (Å²) < 4.78 is 5.58. The van der Waals surface area contributed by atoms with E-state index in [-0.39, 0.29) is 5.31 Å².